The molecule has 28 heavy (non-hydrogen) atoms. The van der Waals surface area contributed by atoms with Crippen molar-refractivity contribution in [3.63, 3.8) is 0 Å². The van der Waals surface area contributed by atoms with Crippen LogP contribution in [0, 0.1) is 0 Å². The second-order valence-corrected chi connectivity index (χ2v) is 7.20. The molecule has 0 radical (unpaired) electrons. The van der Waals surface area contributed by atoms with E-state index in [-0.39, 0.29) is 6.42 Å². The summed E-state index contributed by atoms with van der Waals surface area (Å²) in [7, 11) is 0. The Labute approximate surface area is 166 Å². The van der Waals surface area contributed by atoms with Gasteiger partial charge in [0.1, 0.15) is 6.10 Å². The number of aliphatic carboxylic acids is 1. The van der Waals surface area contributed by atoms with Gasteiger partial charge in [-0.05, 0) is 12.8 Å². The van der Waals surface area contributed by atoms with Crippen LogP contribution in [0.2, 0.25) is 0 Å². The minimum absolute atomic E-state index is 0.207. The van der Waals surface area contributed by atoms with Gasteiger partial charge in [-0.3, -0.25) is 0 Å². The van der Waals surface area contributed by atoms with Gasteiger partial charge in [-0.25, -0.2) is 9.59 Å². The van der Waals surface area contributed by atoms with Crippen molar-refractivity contribution in [1.82, 2.24) is 0 Å². The fraction of sp³-hybridized carbons (Fsp3) is 0.800. The largest absolute Gasteiger partial charge is 0.499 e. The van der Waals surface area contributed by atoms with Gasteiger partial charge in [0.2, 0.25) is 5.76 Å². The summed E-state index contributed by atoms with van der Waals surface area (Å²) in [6.07, 6.45) is 7.14. The van der Waals surface area contributed by atoms with Gasteiger partial charge in [0.15, 0.2) is 18.0 Å². The molecule has 0 aromatic carbocycles. The van der Waals surface area contributed by atoms with Crippen molar-refractivity contribution >= 4 is 11.9 Å². The number of esters is 1. The van der Waals surface area contributed by atoms with E-state index >= 15 is 0 Å². The zero-order valence-corrected chi connectivity index (χ0v) is 16.6. The van der Waals surface area contributed by atoms with Gasteiger partial charge in [0.05, 0.1) is 6.61 Å². The summed E-state index contributed by atoms with van der Waals surface area (Å²) in [6, 6.07) is 0. The van der Waals surface area contributed by atoms with Crippen LogP contribution in [0.5, 0.6) is 0 Å². The summed E-state index contributed by atoms with van der Waals surface area (Å²) in [4.78, 5) is 22.9. The fourth-order valence-electron chi connectivity index (χ4n) is 3.14. The molecule has 0 fully saturated rings. The normalized spacial score (nSPS) is 18.8. The van der Waals surface area contributed by atoms with Gasteiger partial charge in [0.25, 0.3) is 0 Å². The molecule has 162 valence electrons. The molecule has 0 spiro atoms. The number of unbranched alkanes of at least 4 members (excludes halogenated alkanes) is 9. The molecule has 0 bridgehead atoms. The Morgan fingerprint density at radius 3 is 2.11 bits per heavy atom. The monoisotopic (exact) mass is 402 g/mol. The first-order valence-corrected chi connectivity index (χ1v) is 10.2. The number of carbonyl (C=O) groups is 2. The maximum Gasteiger partial charge on any atom is 0.378 e. The first-order valence-electron chi connectivity index (χ1n) is 10.2. The molecule has 1 rings (SSSR count). The van der Waals surface area contributed by atoms with E-state index in [2.05, 4.69) is 6.92 Å². The fourth-order valence-corrected chi connectivity index (χ4v) is 3.14. The van der Waals surface area contributed by atoms with E-state index in [9.17, 15) is 24.9 Å². The van der Waals surface area contributed by atoms with Crippen LogP contribution in [0.25, 0.3) is 0 Å². The van der Waals surface area contributed by atoms with Crippen LogP contribution >= 0.6 is 0 Å². The molecular weight excluding hydrogens is 368 g/mol. The summed E-state index contributed by atoms with van der Waals surface area (Å²) < 4.78 is 10.0. The third-order valence-corrected chi connectivity index (χ3v) is 4.82. The highest BCUT2D eigenvalue weighted by atomic mass is 16.6. The Morgan fingerprint density at radius 2 is 1.61 bits per heavy atom. The van der Waals surface area contributed by atoms with Gasteiger partial charge in [0, 0.05) is 0 Å². The van der Waals surface area contributed by atoms with E-state index < -0.39 is 48.4 Å². The second-order valence-electron chi connectivity index (χ2n) is 7.20. The molecule has 4 N–H and O–H groups in total. The summed E-state index contributed by atoms with van der Waals surface area (Å²) in [5.41, 5.74) is 0. The molecule has 0 aromatic heterocycles. The first-order chi connectivity index (χ1) is 13.4. The van der Waals surface area contributed by atoms with Gasteiger partial charge in [-0.1, -0.05) is 64.7 Å². The minimum atomic E-state index is -1.50. The number of aliphatic hydroxyl groups is 3. The molecule has 8 heteroatoms. The van der Waals surface area contributed by atoms with Crippen LogP contribution in [0.15, 0.2) is 11.5 Å². The van der Waals surface area contributed by atoms with Crippen molar-refractivity contribution in [2.24, 2.45) is 0 Å². The molecule has 0 saturated heterocycles. The summed E-state index contributed by atoms with van der Waals surface area (Å²) >= 11 is 0. The number of hydrogen-bond acceptors (Lipinski definition) is 7. The maximum absolute atomic E-state index is 11.5. The molecule has 0 aliphatic carbocycles. The standard InChI is InChI=1S/C20H34O8/c1-2-3-4-5-6-7-8-9-10-11-12-15(19(24)25)27-18-16(23)20(26)28-17(18)14(22)13-21/h14-15,17,21-23H,2-13H2,1H3,(H,24,25). The number of carboxylic acid groups (broad SMARTS) is 1. The number of rotatable bonds is 16. The lowest BCUT2D eigenvalue weighted by Gasteiger charge is -2.21. The predicted octanol–water partition coefficient (Wildman–Crippen LogP) is 2.82. The Kier molecular flexibility index (Phi) is 11.6. The van der Waals surface area contributed by atoms with Gasteiger partial charge >= 0.3 is 11.9 Å². The summed E-state index contributed by atoms with van der Waals surface area (Å²) in [6.45, 7) is 1.47. The van der Waals surface area contributed by atoms with Crippen molar-refractivity contribution in [3.05, 3.63) is 11.5 Å². The van der Waals surface area contributed by atoms with Gasteiger partial charge in [-0.15, -0.1) is 0 Å². The Balaban J connectivity index is 2.37. The van der Waals surface area contributed by atoms with Gasteiger partial charge < -0.3 is 29.9 Å². The van der Waals surface area contributed by atoms with Crippen LogP contribution in [-0.4, -0.2) is 57.3 Å². The van der Waals surface area contributed by atoms with Crippen LogP contribution in [0.1, 0.15) is 77.6 Å². The highest BCUT2D eigenvalue weighted by molar-refractivity contribution is 5.89. The first kappa shape index (κ1) is 24.2. The highest BCUT2D eigenvalue weighted by Gasteiger charge is 2.42. The van der Waals surface area contributed by atoms with Crippen molar-refractivity contribution in [2.75, 3.05) is 6.61 Å². The topological polar surface area (TPSA) is 134 Å². The number of cyclic esters (lactones) is 1. The predicted molar refractivity (Wildman–Crippen MR) is 102 cm³/mol. The quantitative estimate of drug-likeness (QED) is 0.229. The van der Waals surface area contributed by atoms with E-state index in [1.165, 1.54) is 38.5 Å². The van der Waals surface area contributed by atoms with E-state index in [0.717, 1.165) is 19.3 Å². The Bertz CT molecular complexity index is 516. The van der Waals surface area contributed by atoms with Crippen LogP contribution in [0.3, 0.4) is 0 Å². The van der Waals surface area contributed by atoms with Crippen molar-refractivity contribution in [1.29, 1.82) is 0 Å². The minimum Gasteiger partial charge on any atom is -0.499 e. The molecule has 0 aromatic rings. The second kappa shape index (κ2) is 13.4. The molecule has 1 aliphatic rings. The van der Waals surface area contributed by atoms with Crippen LogP contribution in [0.4, 0.5) is 0 Å². The maximum atomic E-state index is 11.5. The van der Waals surface area contributed by atoms with Crippen molar-refractivity contribution < 1.29 is 39.5 Å². The SMILES string of the molecule is CCCCCCCCCCCCC(OC1=C(O)C(=O)OC1C(O)CO)C(=O)O. The van der Waals surface area contributed by atoms with E-state index in [1.807, 2.05) is 0 Å². The average Bonchev–Trinajstić information content (AvgIpc) is 2.95. The number of hydrogen-bond donors (Lipinski definition) is 4. The lowest BCUT2D eigenvalue weighted by Crippen LogP contribution is -2.35. The Morgan fingerprint density at radius 1 is 1.07 bits per heavy atom. The molecule has 3 unspecified atom stereocenters. The molecule has 0 amide bonds. The molecule has 0 saturated carbocycles. The third kappa shape index (κ3) is 8.06. The van der Waals surface area contributed by atoms with Crippen LogP contribution < -0.4 is 0 Å². The lowest BCUT2D eigenvalue weighted by atomic mass is 10.0. The molecule has 1 aliphatic heterocycles. The smallest absolute Gasteiger partial charge is 0.378 e. The zero-order chi connectivity index (χ0) is 20.9. The molecule has 8 nitrogen and oxygen atoms in total. The molecule has 1 heterocycles. The lowest BCUT2D eigenvalue weighted by molar-refractivity contribution is -0.152. The molecule has 3 atom stereocenters. The highest BCUT2D eigenvalue weighted by Crippen LogP contribution is 2.27. The molecular formula is C20H34O8. The summed E-state index contributed by atoms with van der Waals surface area (Å²) in [5.74, 6) is -3.65. The number of ether oxygens (including phenoxy) is 2. The third-order valence-electron chi connectivity index (χ3n) is 4.82. The Hall–Kier alpha value is -1.80. The van der Waals surface area contributed by atoms with Gasteiger partial charge in [-0.2, -0.15) is 0 Å². The van der Waals surface area contributed by atoms with Crippen molar-refractivity contribution in [3.8, 4) is 0 Å². The summed E-state index contributed by atoms with van der Waals surface area (Å²) in [5, 5.41) is 37.8. The average molecular weight is 402 g/mol. The number of aliphatic hydroxyl groups excluding tert-OH is 3. The van der Waals surface area contributed by atoms with Crippen molar-refractivity contribution in [2.45, 2.75) is 95.9 Å². The number of carboxylic acids is 1. The number of carbonyl (C=O) groups excluding carboxylic acids is 1. The van der Waals surface area contributed by atoms with E-state index in [1.54, 1.807) is 0 Å². The van der Waals surface area contributed by atoms with E-state index in [0.29, 0.717) is 6.42 Å². The van der Waals surface area contributed by atoms with E-state index in [4.69, 9.17) is 14.6 Å². The zero-order valence-electron chi connectivity index (χ0n) is 16.6. The van der Waals surface area contributed by atoms with Crippen LogP contribution in [-0.2, 0) is 19.1 Å².